The predicted octanol–water partition coefficient (Wildman–Crippen LogP) is 1.71. The van der Waals surface area contributed by atoms with Crippen LogP contribution in [0.4, 0.5) is 4.39 Å². The molecule has 3 N–H and O–H groups in total. The molecule has 1 heterocycles. The number of H-pyrrole nitrogens is 1. The van der Waals surface area contributed by atoms with Crippen LogP contribution in [0.2, 0.25) is 0 Å². The Hall–Kier alpha value is -1.86. The number of thioether (sulfide) groups is 1. The van der Waals surface area contributed by atoms with E-state index in [2.05, 4.69) is 9.97 Å². The Morgan fingerprint density at radius 2 is 2.30 bits per heavy atom. The Kier molecular flexibility index (Phi) is 4.75. The second-order valence-corrected chi connectivity index (χ2v) is 5.06. The van der Waals surface area contributed by atoms with Crippen LogP contribution >= 0.6 is 11.8 Å². The number of halogens is 1. The lowest BCUT2D eigenvalue weighted by Crippen LogP contribution is -2.14. The van der Waals surface area contributed by atoms with Gasteiger partial charge in [0, 0.05) is 24.1 Å². The quantitative estimate of drug-likeness (QED) is 0.648. The zero-order valence-electron chi connectivity index (χ0n) is 10.8. The van der Waals surface area contributed by atoms with Crippen molar-refractivity contribution in [3.05, 3.63) is 52.2 Å². The van der Waals surface area contributed by atoms with Gasteiger partial charge in [0.2, 0.25) is 0 Å². The van der Waals surface area contributed by atoms with Crippen molar-refractivity contribution in [3.63, 3.8) is 0 Å². The zero-order valence-corrected chi connectivity index (χ0v) is 11.6. The molecule has 0 saturated carbocycles. The van der Waals surface area contributed by atoms with Crippen molar-refractivity contribution in [1.29, 1.82) is 0 Å². The molecule has 0 aliphatic rings. The molecule has 0 spiro atoms. The van der Waals surface area contributed by atoms with Gasteiger partial charge in [-0.2, -0.15) is 0 Å². The molecule has 20 heavy (non-hydrogen) atoms. The summed E-state index contributed by atoms with van der Waals surface area (Å²) in [6.45, 7) is 0. The molecule has 0 amide bonds. The van der Waals surface area contributed by atoms with Crippen LogP contribution in [-0.4, -0.2) is 22.8 Å². The number of methoxy groups -OCH3 is 1. The average molecular weight is 295 g/mol. The number of hydrogen-bond donors (Lipinski definition) is 2. The largest absolute Gasteiger partial charge is 0.494 e. The summed E-state index contributed by atoms with van der Waals surface area (Å²) in [5.74, 6) is 0.206. The van der Waals surface area contributed by atoms with Crippen LogP contribution in [0.3, 0.4) is 0 Å². The Labute approximate surface area is 119 Å². The smallest absolute Gasteiger partial charge is 0.251 e. The van der Waals surface area contributed by atoms with Crippen molar-refractivity contribution in [3.8, 4) is 5.75 Å². The fourth-order valence-corrected chi connectivity index (χ4v) is 2.44. The summed E-state index contributed by atoms with van der Waals surface area (Å²) in [6.07, 6.45) is 1.43. The molecule has 1 aromatic heterocycles. The topological polar surface area (TPSA) is 81.0 Å². The first kappa shape index (κ1) is 14.5. The molecule has 2 rings (SSSR count). The lowest BCUT2D eigenvalue weighted by molar-refractivity contribution is 0.386. The molecule has 1 atom stereocenters. The van der Waals surface area contributed by atoms with Gasteiger partial charge in [-0.3, -0.25) is 4.79 Å². The summed E-state index contributed by atoms with van der Waals surface area (Å²) in [4.78, 5) is 17.7. The Balaban J connectivity index is 2.03. The number of rotatable bonds is 5. The van der Waals surface area contributed by atoms with Gasteiger partial charge >= 0.3 is 0 Å². The van der Waals surface area contributed by atoms with Crippen LogP contribution in [0.15, 0.2) is 40.4 Å². The number of hydrogen-bond acceptors (Lipinski definition) is 5. The van der Waals surface area contributed by atoms with Crippen LogP contribution in [0.5, 0.6) is 5.75 Å². The van der Waals surface area contributed by atoms with Crippen molar-refractivity contribution >= 4 is 11.8 Å². The molecule has 1 aromatic carbocycles. The second-order valence-electron chi connectivity index (χ2n) is 4.05. The van der Waals surface area contributed by atoms with Gasteiger partial charge in [-0.25, -0.2) is 9.37 Å². The molecule has 7 heteroatoms. The molecule has 0 aliphatic carbocycles. The highest BCUT2D eigenvalue weighted by molar-refractivity contribution is 7.99. The maximum atomic E-state index is 13.6. The van der Waals surface area contributed by atoms with E-state index >= 15 is 0 Å². The third-order valence-electron chi connectivity index (χ3n) is 2.65. The molecule has 5 nitrogen and oxygen atoms in total. The van der Waals surface area contributed by atoms with E-state index in [-0.39, 0.29) is 17.4 Å². The summed E-state index contributed by atoms with van der Waals surface area (Å²) in [7, 11) is 1.41. The van der Waals surface area contributed by atoms with E-state index in [0.717, 1.165) is 0 Å². The number of benzene rings is 1. The van der Waals surface area contributed by atoms with E-state index in [9.17, 15) is 9.18 Å². The SMILES string of the molecule is COc1ccc(C(N)CSc2nccc(=O)[nH]2)cc1F. The second kappa shape index (κ2) is 6.53. The highest BCUT2D eigenvalue weighted by atomic mass is 32.2. The van der Waals surface area contributed by atoms with Gasteiger partial charge in [-0.1, -0.05) is 17.8 Å². The first-order valence-electron chi connectivity index (χ1n) is 5.87. The molecule has 106 valence electrons. The highest BCUT2D eigenvalue weighted by Crippen LogP contribution is 2.24. The number of nitrogens with two attached hydrogens (primary N) is 1. The number of aromatic amines is 1. The van der Waals surface area contributed by atoms with Gasteiger partial charge in [0.1, 0.15) is 0 Å². The Bertz CT molecular complexity index is 648. The van der Waals surface area contributed by atoms with Gasteiger partial charge in [-0.15, -0.1) is 0 Å². The van der Waals surface area contributed by atoms with E-state index in [1.165, 1.54) is 43.3 Å². The van der Waals surface area contributed by atoms with Crippen molar-refractivity contribution in [2.24, 2.45) is 5.73 Å². The summed E-state index contributed by atoms with van der Waals surface area (Å²) in [6, 6.07) is 5.58. The summed E-state index contributed by atoms with van der Waals surface area (Å²) < 4.78 is 18.4. The lowest BCUT2D eigenvalue weighted by atomic mass is 10.1. The number of ether oxygens (including phenoxy) is 1. The normalized spacial score (nSPS) is 12.2. The number of nitrogens with one attached hydrogen (secondary N) is 1. The van der Waals surface area contributed by atoms with Crippen LogP contribution in [0.25, 0.3) is 0 Å². The van der Waals surface area contributed by atoms with Crippen LogP contribution in [-0.2, 0) is 0 Å². The van der Waals surface area contributed by atoms with Crippen LogP contribution < -0.4 is 16.0 Å². The minimum atomic E-state index is -0.448. The van der Waals surface area contributed by atoms with Crippen LogP contribution in [0, 0.1) is 5.82 Å². The highest BCUT2D eigenvalue weighted by Gasteiger charge is 2.11. The first-order valence-corrected chi connectivity index (χ1v) is 6.86. The molecule has 1 unspecified atom stereocenters. The van der Waals surface area contributed by atoms with Crippen molar-refractivity contribution in [1.82, 2.24) is 9.97 Å². The van der Waals surface area contributed by atoms with E-state index in [4.69, 9.17) is 10.5 Å². The summed E-state index contributed by atoms with van der Waals surface area (Å²) in [5, 5.41) is 0.488. The summed E-state index contributed by atoms with van der Waals surface area (Å²) >= 11 is 1.31. The Morgan fingerprint density at radius 3 is 2.95 bits per heavy atom. The molecule has 0 fully saturated rings. The Morgan fingerprint density at radius 1 is 1.50 bits per heavy atom. The molecular weight excluding hydrogens is 281 g/mol. The maximum absolute atomic E-state index is 13.6. The molecular formula is C13H14FN3O2S. The van der Waals surface area contributed by atoms with Crippen LogP contribution in [0.1, 0.15) is 11.6 Å². The fraction of sp³-hybridized carbons (Fsp3) is 0.231. The van der Waals surface area contributed by atoms with Crippen molar-refractivity contribution < 1.29 is 9.13 Å². The van der Waals surface area contributed by atoms with E-state index < -0.39 is 5.82 Å². The van der Waals surface area contributed by atoms with E-state index in [0.29, 0.717) is 16.5 Å². The van der Waals surface area contributed by atoms with E-state index in [1.807, 2.05) is 0 Å². The molecule has 0 aliphatic heterocycles. The lowest BCUT2D eigenvalue weighted by Gasteiger charge is -2.12. The standard InChI is InChI=1S/C13H14FN3O2S/c1-19-11-3-2-8(6-9(11)14)10(15)7-20-13-16-5-4-12(18)17-13/h2-6,10H,7,15H2,1H3,(H,16,17,18). The van der Waals surface area contributed by atoms with Gasteiger partial charge in [0.15, 0.2) is 16.7 Å². The van der Waals surface area contributed by atoms with Crippen molar-refractivity contribution in [2.45, 2.75) is 11.2 Å². The number of aromatic nitrogens is 2. The minimum Gasteiger partial charge on any atom is -0.494 e. The fourth-order valence-electron chi connectivity index (χ4n) is 1.60. The molecule has 0 saturated heterocycles. The monoisotopic (exact) mass is 295 g/mol. The molecule has 0 radical (unpaired) electrons. The van der Waals surface area contributed by atoms with Gasteiger partial charge in [0.05, 0.1) is 7.11 Å². The first-order chi connectivity index (χ1) is 9.60. The third kappa shape index (κ3) is 3.58. The van der Waals surface area contributed by atoms with E-state index in [1.54, 1.807) is 6.07 Å². The molecule has 2 aromatic rings. The molecule has 0 bridgehead atoms. The van der Waals surface area contributed by atoms with Crippen molar-refractivity contribution in [2.75, 3.05) is 12.9 Å². The van der Waals surface area contributed by atoms with Gasteiger partial charge in [0.25, 0.3) is 5.56 Å². The average Bonchev–Trinajstić information content (AvgIpc) is 2.44. The maximum Gasteiger partial charge on any atom is 0.251 e. The number of nitrogens with zero attached hydrogens (tertiary/aromatic N) is 1. The van der Waals surface area contributed by atoms with Gasteiger partial charge in [-0.05, 0) is 17.7 Å². The van der Waals surface area contributed by atoms with Gasteiger partial charge < -0.3 is 15.5 Å². The minimum absolute atomic E-state index is 0.183. The third-order valence-corrected chi connectivity index (χ3v) is 3.66. The summed E-state index contributed by atoms with van der Waals surface area (Å²) in [5.41, 5.74) is 6.44. The zero-order chi connectivity index (χ0) is 14.5. The predicted molar refractivity (Wildman–Crippen MR) is 75.5 cm³/mol.